The van der Waals surface area contributed by atoms with Gasteiger partial charge in [0.1, 0.15) is 0 Å². The summed E-state index contributed by atoms with van der Waals surface area (Å²) in [7, 11) is -3.54. The lowest BCUT2D eigenvalue weighted by atomic mass is 9.89. The maximum absolute atomic E-state index is 12.9. The number of piperidine rings is 1. The quantitative estimate of drug-likeness (QED) is 0.577. The number of sulfonamides is 1. The van der Waals surface area contributed by atoms with E-state index in [9.17, 15) is 13.2 Å². The summed E-state index contributed by atoms with van der Waals surface area (Å²) in [6.45, 7) is 1.83. The van der Waals surface area contributed by atoms with Gasteiger partial charge in [0, 0.05) is 25.2 Å². The molecule has 0 radical (unpaired) electrons. The van der Waals surface area contributed by atoms with Gasteiger partial charge >= 0.3 is 0 Å². The number of benzene rings is 1. The van der Waals surface area contributed by atoms with E-state index in [1.807, 2.05) is 0 Å². The molecule has 1 aromatic carbocycles. The van der Waals surface area contributed by atoms with Crippen LogP contribution in [-0.4, -0.2) is 54.2 Å². The number of amides is 1. The fraction of sp³-hybridized carbons (Fsp3) is 0.591. The van der Waals surface area contributed by atoms with Gasteiger partial charge in [-0.2, -0.15) is 4.31 Å². The maximum atomic E-state index is 12.9. The molecule has 32 heavy (non-hydrogen) atoms. The van der Waals surface area contributed by atoms with Crippen LogP contribution in [0.5, 0.6) is 0 Å². The SMILES string of the molecule is O=C(CSc1nnc(-c2cccc(S(=O)(=O)N3CCCCC3)c2)o1)NCC1CCCCC1. The Hall–Kier alpha value is -1.91. The number of carbonyl (C=O) groups is 1. The molecule has 0 spiro atoms. The monoisotopic (exact) mass is 478 g/mol. The third-order valence-corrected chi connectivity index (χ3v) is 8.79. The Bertz CT molecular complexity index is 1010. The van der Waals surface area contributed by atoms with Crippen molar-refractivity contribution in [3.63, 3.8) is 0 Å². The average Bonchev–Trinajstić information content (AvgIpc) is 3.32. The zero-order chi connectivity index (χ0) is 22.4. The van der Waals surface area contributed by atoms with Crippen molar-refractivity contribution in [1.82, 2.24) is 19.8 Å². The summed E-state index contributed by atoms with van der Waals surface area (Å²) in [5.74, 6) is 0.986. The molecule has 1 aromatic heterocycles. The van der Waals surface area contributed by atoms with Gasteiger partial charge in [-0.25, -0.2) is 8.42 Å². The van der Waals surface area contributed by atoms with Gasteiger partial charge in [0.15, 0.2) is 0 Å². The first kappa shape index (κ1) is 23.3. The normalized spacial score (nSPS) is 18.5. The number of carbonyl (C=O) groups excluding carboxylic acids is 1. The summed E-state index contributed by atoms with van der Waals surface area (Å²) >= 11 is 1.18. The van der Waals surface area contributed by atoms with Crippen LogP contribution in [0, 0.1) is 5.92 Å². The molecule has 2 fully saturated rings. The van der Waals surface area contributed by atoms with Crippen LogP contribution in [0.15, 0.2) is 38.8 Å². The van der Waals surface area contributed by atoms with Gasteiger partial charge in [-0.15, -0.1) is 10.2 Å². The van der Waals surface area contributed by atoms with E-state index in [0.717, 1.165) is 25.8 Å². The Morgan fingerprint density at radius 3 is 2.62 bits per heavy atom. The van der Waals surface area contributed by atoms with Crippen molar-refractivity contribution in [1.29, 1.82) is 0 Å². The molecule has 1 saturated heterocycles. The lowest BCUT2D eigenvalue weighted by molar-refractivity contribution is -0.118. The van der Waals surface area contributed by atoms with E-state index < -0.39 is 10.0 Å². The predicted molar refractivity (Wildman–Crippen MR) is 123 cm³/mol. The van der Waals surface area contributed by atoms with Crippen LogP contribution in [0.4, 0.5) is 0 Å². The molecule has 174 valence electrons. The molecule has 0 atom stereocenters. The molecule has 8 nitrogen and oxygen atoms in total. The first-order valence-corrected chi connectivity index (χ1v) is 13.8. The highest BCUT2D eigenvalue weighted by Gasteiger charge is 2.26. The minimum atomic E-state index is -3.54. The van der Waals surface area contributed by atoms with Crippen LogP contribution in [0.3, 0.4) is 0 Å². The summed E-state index contributed by atoms with van der Waals surface area (Å²) in [4.78, 5) is 12.4. The van der Waals surface area contributed by atoms with Crippen molar-refractivity contribution >= 4 is 27.7 Å². The first-order chi connectivity index (χ1) is 15.5. The van der Waals surface area contributed by atoms with Crippen LogP contribution in [0.1, 0.15) is 51.4 Å². The molecule has 0 bridgehead atoms. The summed E-state index contributed by atoms with van der Waals surface area (Å²) in [5.41, 5.74) is 0.546. The van der Waals surface area contributed by atoms with E-state index in [1.165, 1.54) is 48.2 Å². The first-order valence-electron chi connectivity index (χ1n) is 11.4. The van der Waals surface area contributed by atoms with Crippen molar-refractivity contribution in [2.24, 2.45) is 5.92 Å². The molecule has 1 aliphatic carbocycles. The van der Waals surface area contributed by atoms with Crippen molar-refractivity contribution in [3.05, 3.63) is 24.3 Å². The molecule has 2 heterocycles. The Balaban J connectivity index is 1.34. The Kier molecular flexibility index (Phi) is 7.85. The largest absolute Gasteiger partial charge is 0.411 e. The van der Waals surface area contributed by atoms with Gasteiger partial charge in [-0.3, -0.25) is 4.79 Å². The standard InChI is InChI=1S/C22H30N4O4S2/c27-20(23-15-17-8-3-1-4-9-17)16-31-22-25-24-21(30-22)18-10-7-11-19(14-18)32(28,29)26-12-5-2-6-13-26/h7,10-11,14,17H,1-6,8-9,12-13,15-16H2,(H,23,27). The van der Waals surface area contributed by atoms with E-state index in [2.05, 4.69) is 15.5 Å². The maximum Gasteiger partial charge on any atom is 0.277 e. The Morgan fingerprint density at radius 2 is 1.84 bits per heavy atom. The van der Waals surface area contributed by atoms with Gasteiger partial charge in [0.25, 0.3) is 5.22 Å². The van der Waals surface area contributed by atoms with Gasteiger partial charge in [-0.05, 0) is 49.8 Å². The summed E-state index contributed by atoms with van der Waals surface area (Å²) in [5, 5.41) is 11.3. The second kappa shape index (κ2) is 10.8. The zero-order valence-electron chi connectivity index (χ0n) is 18.2. The topological polar surface area (TPSA) is 105 Å². The molecule has 4 rings (SSSR count). The van der Waals surface area contributed by atoms with Gasteiger partial charge in [0.2, 0.25) is 21.8 Å². The zero-order valence-corrected chi connectivity index (χ0v) is 19.8. The number of rotatable bonds is 8. The van der Waals surface area contributed by atoms with Crippen LogP contribution in [-0.2, 0) is 14.8 Å². The Morgan fingerprint density at radius 1 is 1.09 bits per heavy atom. The number of hydrogen-bond donors (Lipinski definition) is 1. The summed E-state index contributed by atoms with van der Waals surface area (Å²) in [6.07, 6.45) is 9.01. The van der Waals surface area contributed by atoms with Crippen LogP contribution in [0.2, 0.25) is 0 Å². The van der Waals surface area contributed by atoms with Gasteiger partial charge in [-0.1, -0.05) is 43.5 Å². The minimum absolute atomic E-state index is 0.0463. The second-order valence-corrected chi connectivity index (χ2v) is 11.3. The van der Waals surface area contributed by atoms with Crippen LogP contribution < -0.4 is 5.32 Å². The number of nitrogens with one attached hydrogen (secondary N) is 1. The van der Waals surface area contributed by atoms with E-state index in [1.54, 1.807) is 24.3 Å². The molecule has 0 unspecified atom stereocenters. The molecule has 2 aliphatic rings. The minimum Gasteiger partial charge on any atom is -0.411 e. The number of aromatic nitrogens is 2. The molecule has 1 amide bonds. The molecule has 10 heteroatoms. The van der Waals surface area contributed by atoms with Gasteiger partial charge < -0.3 is 9.73 Å². The van der Waals surface area contributed by atoms with Gasteiger partial charge in [0.05, 0.1) is 10.6 Å². The summed E-state index contributed by atoms with van der Waals surface area (Å²) in [6, 6.07) is 6.59. The fourth-order valence-electron chi connectivity index (χ4n) is 4.26. The number of thioether (sulfide) groups is 1. The molecular weight excluding hydrogens is 448 g/mol. The van der Waals surface area contributed by atoms with E-state index in [4.69, 9.17) is 4.42 Å². The molecule has 2 aromatic rings. The lowest BCUT2D eigenvalue weighted by Gasteiger charge is -2.25. The van der Waals surface area contributed by atoms with Crippen molar-refractivity contribution in [2.45, 2.75) is 61.5 Å². The highest BCUT2D eigenvalue weighted by Crippen LogP contribution is 2.27. The smallest absolute Gasteiger partial charge is 0.277 e. The van der Waals surface area contributed by atoms with Crippen molar-refractivity contribution < 1.29 is 17.6 Å². The fourth-order valence-corrected chi connectivity index (χ4v) is 6.41. The van der Waals surface area contributed by atoms with E-state index >= 15 is 0 Å². The summed E-state index contributed by atoms with van der Waals surface area (Å²) < 4.78 is 33.1. The average molecular weight is 479 g/mol. The highest BCUT2D eigenvalue weighted by atomic mass is 32.2. The van der Waals surface area contributed by atoms with Crippen molar-refractivity contribution in [2.75, 3.05) is 25.4 Å². The van der Waals surface area contributed by atoms with E-state index in [-0.39, 0.29) is 27.7 Å². The molecule has 1 saturated carbocycles. The lowest BCUT2D eigenvalue weighted by Crippen LogP contribution is -2.35. The van der Waals surface area contributed by atoms with Crippen LogP contribution in [0.25, 0.3) is 11.5 Å². The van der Waals surface area contributed by atoms with E-state index in [0.29, 0.717) is 24.6 Å². The molecular formula is C22H30N4O4S2. The number of nitrogens with zero attached hydrogens (tertiary/aromatic N) is 3. The highest BCUT2D eigenvalue weighted by molar-refractivity contribution is 7.99. The van der Waals surface area contributed by atoms with Crippen molar-refractivity contribution in [3.8, 4) is 11.5 Å². The third-order valence-electron chi connectivity index (χ3n) is 6.08. The number of hydrogen-bond acceptors (Lipinski definition) is 7. The predicted octanol–water partition coefficient (Wildman–Crippen LogP) is 3.70. The van der Waals surface area contributed by atoms with Crippen LogP contribution >= 0.6 is 11.8 Å². The molecule has 1 N–H and O–H groups in total. The third kappa shape index (κ3) is 5.90. The molecule has 1 aliphatic heterocycles. The second-order valence-electron chi connectivity index (χ2n) is 8.46. The Labute approximate surface area is 193 Å².